The third-order valence-corrected chi connectivity index (χ3v) is 4.89. The third-order valence-electron chi connectivity index (χ3n) is 4.89. The van der Waals surface area contributed by atoms with Gasteiger partial charge in [0.25, 0.3) is 0 Å². The topological polar surface area (TPSA) is 52.6 Å². The Bertz CT molecular complexity index is 850. The number of hydrogen-bond donors (Lipinski definition) is 1. The number of amides is 2. The van der Waals surface area contributed by atoms with Gasteiger partial charge >= 0.3 is 0 Å². The molecule has 0 heterocycles. The zero-order valence-electron chi connectivity index (χ0n) is 17.7. The molecule has 29 heavy (non-hydrogen) atoms. The zero-order chi connectivity index (χ0) is 21.4. The fraction of sp³-hybridized carbons (Fsp3) is 0.391. The lowest BCUT2D eigenvalue weighted by Gasteiger charge is -2.26. The molecule has 2 aromatic rings. The summed E-state index contributed by atoms with van der Waals surface area (Å²) in [6, 6.07) is 12.1. The first-order chi connectivity index (χ1) is 13.8. The maximum Gasteiger partial charge on any atom is 0.224 e. The van der Waals surface area contributed by atoms with Gasteiger partial charge in [-0.25, -0.2) is 4.39 Å². The summed E-state index contributed by atoms with van der Waals surface area (Å²) >= 11 is 0. The van der Waals surface area contributed by atoms with Gasteiger partial charge in [0.15, 0.2) is 0 Å². The van der Waals surface area contributed by atoms with E-state index in [1.807, 2.05) is 19.1 Å². The first-order valence-corrected chi connectivity index (χ1v) is 10.0. The van der Waals surface area contributed by atoms with E-state index in [0.717, 1.165) is 30.0 Å². The van der Waals surface area contributed by atoms with Crippen LogP contribution in [-0.2, 0) is 16.0 Å². The lowest BCUT2D eigenvalue weighted by Crippen LogP contribution is -2.38. The molecule has 0 saturated carbocycles. The van der Waals surface area contributed by atoms with Crippen LogP contribution in [0.1, 0.15) is 31.9 Å². The van der Waals surface area contributed by atoms with Crippen LogP contribution in [0, 0.1) is 12.7 Å². The van der Waals surface area contributed by atoms with Crippen LogP contribution < -0.4 is 15.1 Å². The minimum atomic E-state index is -0.360. The monoisotopic (exact) mass is 399 g/mol. The third kappa shape index (κ3) is 6.31. The Balaban J connectivity index is 1.99. The van der Waals surface area contributed by atoms with Gasteiger partial charge in [-0.05, 0) is 62.2 Å². The van der Waals surface area contributed by atoms with Crippen molar-refractivity contribution < 1.29 is 14.0 Å². The molecule has 1 N–H and O–H groups in total. The van der Waals surface area contributed by atoms with Gasteiger partial charge in [-0.15, -0.1) is 0 Å². The molecule has 0 aliphatic heterocycles. The molecule has 5 nitrogen and oxygen atoms in total. The second-order valence-corrected chi connectivity index (χ2v) is 6.97. The van der Waals surface area contributed by atoms with E-state index >= 15 is 0 Å². The Hall–Kier alpha value is -2.89. The van der Waals surface area contributed by atoms with E-state index in [0.29, 0.717) is 18.7 Å². The van der Waals surface area contributed by atoms with Gasteiger partial charge in [0.2, 0.25) is 11.8 Å². The molecule has 0 atom stereocenters. The molecular weight excluding hydrogens is 369 g/mol. The van der Waals surface area contributed by atoms with Gasteiger partial charge in [0, 0.05) is 44.5 Å². The van der Waals surface area contributed by atoms with Gasteiger partial charge < -0.3 is 15.1 Å². The molecular formula is C23H30FN3O2. The smallest absolute Gasteiger partial charge is 0.224 e. The maximum absolute atomic E-state index is 13.2. The molecule has 0 bridgehead atoms. The van der Waals surface area contributed by atoms with Crippen molar-refractivity contribution in [1.82, 2.24) is 5.32 Å². The Labute approximate surface area is 172 Å². The number of anilines is 2. The summed E-state index contributed by atoms with van der Waals surface area (Å²) in [6.07, 6.45) is 0.107. The lowest BCUT2D eigenvalue weighted by atomic mass is 10.1. The van der Waals surface area contributed by atoms with E-state index in [2.05, 4.69) is 30.1 Å². The molecule has 0 aliphatic carbocycles. The van der Waals surface area contributed by atoms with Crippen LogP contribution in [0.25, 0.3) is 0 Å². The van der Waals surface area contributed by atoms with Gasteiger partial charge in [-0.3, -0.25) is 9.59 Å². The summed E-state index contributed by atoms with van der Waals surface area (Å²) in [4.78, 5) is 28.2. The first-order valence-electron chi connectivity index (χ1n) is 10.0. The van der Waals surface area contributed by atoms with Crippen molar-refractivity contribution in [2.24, 2.45) is 0 Å². The van der Waals surface area contributed by atoms with Crippen LogP contribution in [0.2, 0.25) is 0 Å². The van der Waals surface area contributed by atoms with Crippen molar-refractivity contribution in [1.29, 1.82) is 0 Å². The Morgan fingerprint density at radius 3 is 2.38 bits per heavy atom. The van der Waals surface area contributed by atoms with Crippen molar-refractivity contribution >= 4 is 23.2 Å². The highest BCUT2D eigenvalue weighted by atomic mass is 19.1. The number of nitrogens with zero attached hydrogens (tertiary/aromatic N) is 2. The van der Waals surface area contributed by atoms with E-state index in [1.54, 1.807) is 17.0 Å². The Morgan fingerprint density at radius 2 is 1.79 bits per heavy atom. The molecule has 0 aliphatic rings. The van der Waals surface area contributed by atoms with Crippen molar-refractivity contribution in [2.45, 2.75) is 34.1 Å². The summed E-state index contributed by atoms with van der Waals surface area (Å²) < 4.78 is 13.2. The molecule has 2 rings (SSSR count). The van der Waals surface area contributed by atoms with Gasteiger partial charge in [0.1, 0.15) is 5.82 Å². The quantitative estimate of drug-likeness (QED) is 0.700. The molecule has 6 heteroatoms. The van der Waals surface area contributed by atoms with Crippen LogP contribution in [0.5, 0.6) is 0 Å². The fourth-order valence-electron chi connectivity index (χ4n) is 3.38. The minimum Gasteiger partial charge on any atom is -0.372 e. The summed E-state index contributed by atoms with van der Waals surface area (Å²) in [5.74, 6) is -0.641. The predicted molar refractivity (Wildman–Crippen MR) is 116 cm³/mol. The highest BCUT2D eigenvalue weighted by Crippen LogP contribution is 2.25. The van der Waals surface area contributed by atoms with Crippen LogP contribution in [0.15, 0.2) is 42.5 Å². The van der Waals surface area contributed by atoms with Crippen LogP contribution in [-0.4, -0.2) is 38.0 Å². The molecule has 0 spiro atoms. The van der Waals surface area contributed by atoms with Crippen LogP contribution in [0.4, 0.5) is 15.8 Å². The molecule has 0 unspecified atom stereocenters. The number of benzene rings is 2. The SMILES string of the molecule is CCN(CC)c1ccc(N(CCNC(=O)Cc2cccc(F)c2)C(C)=O)c(C)c1. The highest BCUT2D eigenvalue weighted by molar-refractivity contribution is 5.92. The lowest BCUT2D eigenvalue weighted by molar-refractivity contribution is -0.121. The Morgan fingerprint density at radius 1 is 1.07 bits per heavy atom. The summed E-state index contributed by atoms with van der Waals surface area (Å²) in [7, 11) is 0. The fourth-order valence-corrected chi connectivity index (χ4v) is 3.38. The van der Waals surface area contributed by atoms with Crippen LogP contribution in [0.3, 0.4) is 0 Å². The number of carbonyl (C=O) groups is 2. The number of hydrogen-bond acceptors (Lipinski definition) is 3. The van der Waals surface area contributed by atoms with Crippen molar-refractivity contribution in [3.8, 4) is 0 Å². The van der Waals surface area contributed by atoms with Crippen LogP contribution >= 0.6 is 0 Å². The van der Waals surface area contributed by atoms with Gasteiger partial charge in [0.05, 0.1) is 6.42 Å². The Kier molecular flexibility index (Phi) is 8.19. The van der Waals surface area contributed by atoms with Gasteiger partial charge in [-0.1, -0.05) is 12.1 Å². The van der Waals surface area contributed by atoms with Crippen molar-refractivity contribution in [3.05, 3.63) is 59.4 Å². The van der Waals surface area contributed by atoms with E-state index in [9.17, 15) is 14.0 Å². The van der Waals surface area contributed by atoms with Gasteiger partial charge in [-0.2, -0.15) is 0 Å². The highest BCUT2D eigenvalue weighted by Gasteiger charge is 2.15. The van der Waals surface area contributed by atoms with E-state index in [1.165, 1.54) is 19.1 Å². The average molecular weight is 400 g/mol. The maximum atomic E-state index is 13.2. The van der Waals surface area contributed by atoms with Crippen molar-refractivity contribution in [2.75, 3.05) is 36.0 Å². The first kappa shape index (κ1) is 22.4. The van der Waals surface area contributed by atoms with E-state index in [4.69, 9.17) is 0 Å². The molecule has 2 aromatic carbocycles. The average Bonchev–Trinajstić information content (AvgIpc) is 2.67. The van der Waals surface area contributed by atoms with Crippen molar-refractivity contribution in [3.63, 3.8) is 0 Å². The summed E-state index contributed by atoms with van der Waals surface area (Å²) in [6.45, 7) is 10.3. The zero-order valence-corrected chi connectivity index (χ0v) is 17.7. The number of carbonyl (C=O) groups excluding carboxylic acids is 2. The second kappa shape index (κ2) is 10.6. The molecule has 156 valence electrons. The largest absolute Gasteiger partial charge is 0.372 e. The second-order valence-electron chi connectivity index (χ2n) is 6.97. The molecule has 0 saturated heterocycles. The van der Waals surface area contributed by atoms with E-state index < -0.39 is 0 Å². The molecule has 0 fully saturated rings. The molecule has 0 radical (unpaired) electrons. The molecule has 2 amide bonds. The normalized spacial score (nSPS) is 10.5. The predicted octanol–water partition coefficient (Wildman–Crippen LogP) is 3.69. The minimum absolute atomic E-state index is 0.0805. The molecule has 0 aromatic heterocycles. The van der Waals surface area contributed by atoms with E-state index in [-0.39, 0.29) is 24.1 Å². The standard InChI is InChI=1S/C23H30FN3O2/c1-5-26(6-2)21-10-11-22(17(3)14-21)27(18(4)28)13-12-25-23(29)16-19-8-7-9-20(24)15-19/h7-11,14-15H,5-6,12-13,16H2,1-4H3,(H,25,29). The number of aryl methyl sites for hydroxylation is 1. The summed E-state index contributed by atoms with van der Waals surface area (Å²) in [5.41, 5.74) is 3.60. The number of nitrogens with one attached hydrogen (secondary N) is 1. The summed E-state index contributed by atoms with van der Waals surface area (Å²) in [5, 5.41) is 2.81. The number of rotatable bonds is 9. The number of halogens is 1.